The predicted molar refractivity (Wildman–Crippen MR) is 362 cm³/mol. The molecule has 0 aliphatic carbocycles. The largest absolute Gasteiger partial charge is 1.00 e. The summed E-state index contributed by atoms with van der Waals surface area (Å²) in [6, 6.07) is 4.56. The number of hydrogen-bond acceptors (Lipinski definition) is 34. The molecule has 572 valence electrons. The smallest absolute Gasteiger partial charge is 0.550 e. The molecule has 0 bridgehead atoms. The van der Waals surface area contributed by atoms with E-state index in [0.29, 0.717) is 58.0 Å². The molecule has 5 N–H and O–H groups in total. The number of esters is 2. The van der Waals surface area contributed by atoms with Gasteiger partial charge in [0.15, 0.2) is 0 Å². The Morgan fingerprint density at radius 1 is 0.557 bits per heavy atom. The van der Waals surface area contributed by atoms with Crippen molar-refractivity contribution in [2.24, 2.45) is 5.73 Å². The number of ether oxygens (including phenoxy) is 4. The minimum absolute atomic E-state index is 0. The van der Waals surface area contributed by atoms with Crippen molar-refractivity contribution in [3.8, 4) is 0 Å². The number of aliphatic hydroxyl groups excluding tert-OH is 1. The van der Waals surface area contributed by atoms with Gasteiger partial charge in [-0.25, -0.2) is 0 Å². The van der Waals surface area contributed by atoms with E-state index in [1.54, 1.807) is 119 Å². The predicted octanol–water partition coefficient (Wildman–Crippen LogP) is -1.62. The Morgan fingerprint density at radius 2 is 0.856 bits per heavy atom. The van der Waals surface area contributed by atoms with Crippen LogP contribution in [-0.2, 0) is 136 Å². The van der Waals surface area contributed by atoms with E-state index in [2.05, 4.69) is 28.5 Å². The van der Waals surface area contributed by atoms with E-state index >= 15 is 0 Å². The number of epoxide rings is 1. The summed E-state index contributed by atoms with van der Waals surface area (Å²) in [4.78, 5) is 41.4. The molecule has 35 nitrogen and oxygen atoms in total. The maximum atomic E-state index is 11.2. The first-order valence-electron chi connectivity index (χ1n) is 29.8. The van der Waals surface area contributed by atoms with Crippen LogP contribution in [0.15, 0.2) is 25.3 Å². The molecule has 2 rings (SSSR count). The number of nitrogens with one attached hydrogen (secondary N) is 2. The van der Waals surface area contributed by atoms with Gasteiger partial charge in [0.1, 0.15) is 6.10 Å². The fourth-order valence-electron chi connectivity index (χ4n) is 6.80. The number of cyclic esters (lactones) is 2. The number of nitrogens with two attached hydrogens (primary N) is 1. The fourth-order valence-corrected chi connectivity index (χ4v) is 16.1. The third-order valence-corrected chi connectivity index (χ3v) is 29.3. The molecule has 0 aromatic carbocycles. The van der Waals surface area contributed by atoms with Crippen LogP contribution in [0, 0.1) is 0 Å². The third-order valence-electron chi connectivity index (χ3n) is 12.6. The standard InChI is InChI=1S/C12H27NO5Si.C10H21NO6Si.C6H17NO3Si.C6H10O2.3C5H14O3Si.C4H4O3.Na.2O2Si/c1-5-8-18-11-12(14)10-13-7-6-9-19(15-2,16-3)17-4;1-15-18(16-2,17-3)8-4-7-11-9(12)5-6-10(13)14;1-8-11(9-2,10-3)6-4-5-7;1-2-3-7-4-6-5-8-6;3*1-5-9(6-2,7-3)8-4;5-3-1-2-4(6)7-3;;2*1-3-2/h5,12-14H,1,6-11H2,2-4H3;4-8H2,1-3H3,(H,11,12)(H,13,14);4-7H2,1-3H3;2,6H,1,3-5H2;3*5H2,1-4H3;1-2H2;;;/q;;;;;;;;+1;;/p-1. The van der Waals surface area contributed by atoms with Crippen LogP contribution in [0.1, 0.15) is 65.7 Å². The van der Waals surface area contributed by atoms with E-state index in [9.17, 15) is 29.4 Å². The second-order valence-corrected chi connectivity index (χ2v) is 37.6. The average molecular weight is 1560 g/mol. The number of carbonyl (C=O) groups is 4. The first-order chi connectivity index (χ1) is 45.6. The Bertz CT molecular complexity index is 1740. The molecule has 97 heavy (non-hydrogen) atoms. The molecule has 2 unspecified atom stereocenters. The molecular weight excluding hydrogens is 1440 g/mol. The Labute approximate surface area is 610 Å². The number of carboxylic acid groups (broad SMARTS) is 1. The number of rotatable bonds is 45. The van der Waals surface area contributed by atoms with E-state index in [0.717, 1.165) is 62.8 Å². The number of amides is 1. The van der Waals surface area contributed by atoms with Crippen LogP contribution in [0.25, 0.3) is 0 Å². The fraction of sp³-hybridized carbons (Fsp3) is 0.849. The minimum Gasteiger partial charge on any atom is -0.550 e. The van der Waals surface area contributed by atoms with Gasteiger partial charge in [-0.15, -0.1) is 13.2 Å². The summed E-state index contributed by atoms with van der Waals surface area (Å²) in [6.45, 7) is 18.4. The van der Waals surface area contributed by atoms with Gasteiger partial charge in [-0.3, -0.25) is 32.2 Å². The minimum atomic E-state index is -2.58. The van der Waals surface area contributed by atoms with E-state index in [1.165, 1.54) is 21.3 Å². The molecule has 2 aliphatic rings. The first-order valence-corrected chi connectivity index (χ1v) is 43.1. The monoisotopic (exact) mass is 1560 g/mol. The molecule has 2 saturated heterocycles. The molecule has 2 atom stereocenters. The second-order valence-electron chi connectivity index (χ2n) is 18.1. The number of aliphatic hydroxyl groups is 1. The summed E-state index contributed by atoms with van der Waals surface area (Å²) in [5.41, 5.74) is 5.36. The molecule has 44 heteroatoms. The van der Waals surface area contributed by atoms with E-state index < -0.39 is 95.4 Å². The topological polar surface area (TPSA) is 436 Å². The first kappa shape index (κ1) is 114. The van der Waals surface area contributed by atoms with Gasteiger partial charge in [-0.05, 0) is 38.8 Å². The van der Waals surface area contributed by atoms with Gasteiger partial charge < -0.3 is 130 Å². The van der Waals surface area contributed by atoms with Gasteiger partial charge in [0.25, 0.3) is 0 Å². The Hall–Kier alpha value is -1.46. The van der Waals surface area contributed by atoms with Crippen LogP contribution >= 0.6 is 0 Å². The van der Waals surface area contributed by atoms with Crippen molar-refractivity contribution in [2.45, 2.75) is 114 Å². The maximum Gasteiger partial charge on any atom is 1.00 e. The average Bonchev–Trinajstić information content (AvgIpc) is 2.63. The maximum absolute atomic E-state index is 11.2. The molecule has 0 saturated carbocycles. The van der Waals surface area contributed by atoms with Crippen LogP contribution < -0.4 is 51.0 Å². The van der Waals surface area contributed by atoms with Crippen molar-refractivity contribution in [3.05, 3.63) is 25.3 Å². The van der Waals surface area contributed by atoms with Gasteiger partial charge >= 0.3 is 113 Å². The van der Waals surface area contributed by atoms with E-state index in [-0.39, 0.29) is 61.1 Å². The van der Waals surface area contributed by atoms with Crippen molar-refractivity contribution >= 4 is 95.2 Å². The van der Waals surface area contributed by atoms with E-state index in [1.807, 2.05) is 20.8 Å². The van der Waals surface area contributed by atoms with Crippen LogP contribution in [-0.4, -0.2) is 300 Å². The number of carboxylic acids is 1. The number of carbonyl (C=O) groups excluding carboxylic acids is 4. The summed E-state index contributed by atoms with van der Waals surface area (Å²) >= 11 is 0. The van der Waals surface area contributed by atoms with Crippen LogP contribution in [0.5, 0.6) is 0 Å². The van der Waals surface area contributed by atoms with Crippen molar-refractivity contribution in [3.63, 3.8) is 0 Å². The van der Waals surface area contributed by atoms with Crippen LogP contribution in [0.3, 0.4) is 0 Å². The van der Waals surface area contributed by atoms with Crippen molar-refractivity contribution < 1.29 is 175 Å². The molecule has 0 radical (unpaired) electrons. The third kappa shape index (κ3) is 66.3. The zero-order valence-corrected chi connectivity index (χ0v) is 72.0. The molecule has 2 heterocycles. The Balaban J connectivity index is -0.000000131. The Kier molecular flexibility index (Phi) is 92.5. The summed E-state index contributed by atoms with van der Waals surface area (Å²) in [7, 11) is 12.0. The van der Waals surface area contributed by atoms with Crippen LogP contribution in [0.4, 0.5) is 0 Å². The summed E-state index contributed by atoms with van der Waals surface area (Å²) in [6.07, 6.45) is 5.85. The normalized spacial score (nSPS) is 13.1. The number of hydrogen-bond donors (Lipinski definition) is 4. The summed E-state index contributed by atoms with van der Waals surface area (Å²) in [5.74, 6) is -2.33. The van der Waals surface area contributed by atoms with Gasteiger partial charge in [0, 0.05) is 190 Å². The van der Waals surface area contributed by atoms with Gasteiger partial charge in [-0.1, -0.05) is 32.9 Å². The SMILES string of the molecule is C=CCOCC(O)CNCCC[Si](OC)(OC)OC.C=CCOCC1CO1.CC[Si](OC)(OC)OC.CC[Si](OC)(OC)OC.CC[Si](OC)(OC)OC.CO[Si](CCCN)(OC)OC.CO[Si](CCCNC(=O)CCC(=O)[O-])(OC)OC.O=C1CCC(=O)O1.O=[Si]=O.O=[Si]=O.[Na+]. The molecule has 2 fully saturated rings. The number of aliphatic carboxylic acids is 1. The molecule has 0 aromatic heterocycles. The zero-order valence-electron chi connectivity index (χ0n) is 62.0. The van der Waals surface area contributed by atoms with Crippen molar-refractivity contribution in [1.29, 1.82) is 0 Å². The molecule has 0 aromatic rings. The molecule has 1 amide bonds. The van der Waals surface area contributed by atoms with Crippen molar-refractivity contribution in [1.82, 2.24) is 10.6 Å². The zero-order chi connectivity index (χ0) is 75.8. The van der Waals surface area contributed by atoms with Crippen molar-refractivity contribution in [2.75, 3.05) is 187 Å². The molecule has 0 spiro atoms. The van der Waals surface area contributed by atoms with Gasteiger partial charge in [-0.2, -0.15) is 0 Å². The van der Waals surface area contributed by atoms with Gasteiger partial charge in [0.05, 0.1) is 52.0 Å². The van der Waals surface area contributed by atoms with Crippen LogP contribution in [0.2, 0.25) is 36.3 Å². The summed E-state index contributed by atoms with van der Waals surface area (Å²) in [5, 5.41) is 25.5. The summed E-state index contributed by atoms with van der Waals surface area (Å²) < 4.78 is 146. The second kappa shape index (κ2) is 78.7. The molecule has 2 aliphatic heterocycles. The Morgan fingerprint density at radius 3 is 1.09 bits per heavy atom. The van der Waals surface area contributed by atoms with E-state index in [4.69, 9.17) is 117 Å². The quantitative estimate of drug-likeness (QED) is 0.0133. The molecular formula is C53H120N3NaO32Si8. The van der Waals surface area contributed by atoms with Gasteiger partial charge in [0.2, 0.25) is 5.91 Å².